The molecule has 4 nitrogen and oxygen atoms in total. The van der Waals surface area contributed by atoms with Crippen LogP contribution in [0.3, 0.4) is 0 Å². The van der Waals surface area contributed by atoms with Gasteiger partial charge in [-0.15, -0.1) is 0 Å². The van der Waals surface area contributed by atoms with E-state index < -0.39 is 5.97 Å². The maximum atomic E-state index is 10.6. The van der Waals surface area contributed by atoms with Crippen molar-refractivity contribution in [3.05, 3.63) is 77.1 Å². The van der Waals surface area contributed by atoms with Crippen LogP contribution in [0.15, 0.2) is 54.6 Å². The molecule has 1 saturated heterocycles. The van der Waals surface area contributed by atoms with Crippen LogP contribution in [-0.2, 0) is 4.79 Å². The van der Waals surface area contributed by atoms with E-state index in [0.29, 0.717) is 6.42 Å². The van der Waals surface area contributed by atoms with Crippen LogP contribution < -0.4 is 0 Å². The Bertz CT molecular complexity index is 863. The second kappa shape index (κ2) is 10.7. The van der Waals surface area contributed by atoms with Crippen molar-refractivity contribution in [3.8, 4) is 0 Å². The van der Waals surface area contributed by atoms with Gasteiger partial charge in [0.25, 0.3) is 0 Å². The number of unbranched alkanes of at least 4 members (excludes halogenated alkanes) is 1. The van der Waals surface area contributed by atoms with Crippen molar-refractivity contribution in [2.45, 2.75) is 39.0 Å². The first kappa shape index (κ1) is 21.0. The molecule has 152 valence electrons. The van der Waals surface area contributed by atoms with Gasteiger partial charge in [-0.05, 0) is 69.5 Å². The zero-order chi connectivity index (χ0) is 20.5. The van der Waals surface area contributed by atoms with Gasteiger partial charge in [0.05, 0.1) is 11.4 Å². The molecular formula is C25H30N2O2. The number of hydrogen-bond acceptors (Lipinski definition) is 3. The molecule has 0 spiro atoms. The first-order chi connectivity index (χ1) is 14.1. The highest BCUT2D eigenvalue weighted by Gasteiger charge is 2.12. The molecule has 0 bridgehead atoms. The normalized spacial score (nSPS) is 15.3. The van der Waals surface area contributed by atoms with Crippen molar-refractivity contribution in [2.75, 3.05) is 19.6 Å². The highest BCUT2D eigenvalue weighted by molar-refractivity contribution is 5.78. The summed E-state index contributed by atoms with van der Waals surface area (Å²) in [5.74, 6) is -0.746. The third kappa shape index (κ3) is 6.68. The molecule has 4 heteroatoms. The number of carboxylic acids is 1. The molecule has 29 heavy (non-hydrogen) atoms. The Hall–Kier alpha value is -2.72. The number of aliphatic carboxylic acids is 1. The summed E-state index contributed by atoms with van der Waals surface area (Å²) in [6, 6.07) is 14.7. The fraction of sp³-hybridized carbons (Fsp3) is 0.360. The van der Waals surface area contributed by atoms with Gasteiger partial charge in [-0.1, -0.05) is 48.0 Å². The minimum Gasteiger partial charge on any atom is -0.481 e. The second-order valence-corrected chi connectivity index (χ2v) is 7.63. The number of aryl methyl sites for hydroxylation is 1. The summed E-state index contributed by atoms with van der Waals surface area (Å²) in [6.45, 7) is 5.39. The topological polar surface area (TPSA) is 53.4 Å². The van der Waals surface area contributed by atoms with Gasteiger partial charge < -0.3 is 5.11 Å². The monoisotopic (exact) mass is 390 g/mol. The SMILES string of the molecule is Cc1ccc(C(=CCN2CCCC2)c2cccc(C=CCCCC(=O)O)n2)cc1. The molecule has 1 aromatic heterocycles. The number of hydrogen-bond donors (Lipinski definition) is 1. The number of carboxylic acid groups (broad SMARTS) is 1. The van der Waals surface area contributed by atoms with E-state index in [-0.39, 0.29) is 6.42 Å². The number of carbonyl (C=O) groups is 1. The second-order valence-electron chi connectivity index (χ2n) is 7.63. The van der Waals surface area contributed by atoms with Crippen LogP contribution in [0.25, 0.3) is 11.6 Å². The third-order valence-corrected chi connectivity index (χ3v) is 5.21. The average Bonchev–Trinajstić information content (AvgIpc) is 3.23. The van der Waals surface area contributed by atoms with Crippen molar-refractivity contribution in [3.63, 3.8) is 0 Å². The lowest BCUT2D eigenvalue weighted by atomic mass is 10.00. The van der Waals surface area contributed by atoms with Gasteiger partial charge in [0.1, 0.15) is 0 Å². The highest BCUT2D eigenvalue weighted by atomic mass is 16.4. The summed E-state index contributed by atoms with van der Waals surface area (Å²) in [5, 5.41) is 8.74. The van der Waals surface area contributed by atoms with Crippen LogP contribution in [0.4, 0.5) is 0 Å². The minimum atomic E-state index is -0.746. The summed E-state index contributed by atoms with van der Waals surface area (Å²) in [6.07, 6.45) is 10.5. The number of pyridine rings is 1. The summed E-state index contributed by atoms with van der Waals surface area (Å²) in [5.41, 5.74) is 5.47. The van der Waals surface area contributed by atoms with Crippen LogP contribution in [0.2, 0.25) is 0 Å². The van der Waals surface area contributed by atoms with Gasteiger partial charge in [0.2, 0.25) is 0 Å². The molecule has 1 fully saturated rings. The maximum absolute atomic E-state index is 10.6. The van der Waals surface area contributed by atoms with Crippen molar-refractivity contribution >= 4 is 17.6 Å². The van der Waals surface area contributed by atoms with Gasteiger partial charge in [0.15, 0.2) is 0 Å². The molecule has 1 aromatic carbocycles. The number of aromatic nitrogens is 1. The van der Waals surface area contributed by atoms with Crippen molar-refractivity contribution < 1.29 is 9.90 Å². The number of benzene rings is 1. The lowest BCUT2D eigenvalue weighted by molar-refractivity contribution is -0.137. The standard InChI is InChI=1S/C25H30N2O2/c1-20-12-14-21(15-13-20)23(16-19-27-17-5-6-18-27)24-10-7-9-22(26-24)8-3-2-4-11-25(28)29/h3,7-10,12-16H,2,4-6,11,17-19H2,1H3,(H,28,29). The van der Waals surface area contributed by atoms with Gasteiger partial charge >= 0.3 is 5.97 Å². The highest BCUT2D eigenvalue weighted by Crippen LogP contribution is 2.23. The first-order valence-electron chi connectivity index (χ1n) is 10.5. The molecule has 0 amide bonds. The fourth-order valence-corrected chi connectivity index (χ4v) is 3.56. The van der Waals surface area contributed by atoms with E-state index in [9.17, 15) is 4.79 Å². The average molecular weight is 391 g/mol. The largest absolute Gasteiger partial charge is 0.481 e. The zero-order valence-corrected chi connectivity index (χ0v) is 17.2. The van der Waals surface area contributed by atoms with E-state index in [2.05, 4.69) is 48.2 Å². The molecule has 0 atom stereocenters. The summed E-state index contributed by atoms with van der Waals surface area (Å²) in [7, 11) is 0. The van der Waals surface area contributed by atoms with Crippen LogP contribution in [0, 0.1) is 6.92 Å². The Morgan fingerprint density at radius 3 is 2.62 bits per heavy atom. The Morgan fingerprint density at radius 1 is 1.14 bits per heavy atom. The number of allylic oxidation sites excluding steroid dienone is 1. The zero-order valence-electron chi connectivity index (χ0n) is 17.2. The minimum absolute atomic E-state index is 0.203. The molecule has 1 N–H and O–H groups in total. The van der Waals surface area contributed by atoms with E-state index in [0.717, 1.165) is 29.9 Å². The van der Waals surface area contributed by atoms with E-state index in [1.54, 1.807) is 0 Å². The molecule has 1 aliphatic rings. The number of nitrogens with zero attached hydrogens (tertiary/aromatic N) is 2. The van der Waals surface area contributed by atoms with E-state index >= 15 is 0 Å². The Labute approximate surface area is 173 Å². The molecule has 0 aliphatic carbocycles. The Kier molecular flexibility index (Phi) is 7.77. The molecule has 1 aliphatic heterocycles. The molecule has 0 unspecified atom stereocenters. The van der Waals surface area contributed by atoms with Crippen molar-refractivity contribution in [2.24, 2.45) is 0 Å². The maximum Gasteiger partial charge on any atom is 0.303 e. The van der Waals surface area contributed by atoms with Crippen molar-refractivity contribution in [1.29, 1.82) is 0 Å². The quantitative estimate of drug-likeness (QED) is 0.599. The lowest BCUT2D eigenvalue weighted by Gasteiger charge is -2.14. The van der Waals surface area contributed by atoms with Crippen LogP contribution in [-0.4, -0.2) is 40.6 Å². The van der Waals surface area contributed by atoms with Gasteiger partial charge in [-0.2, -0.15) is 0 Å². The predicted molar refractivity (Wildman–Crippen MR) is 119 cm³/mol. The van der Waals surface area contributed by atoms with Crippen LogP contribution in [0.5, 0.6) is 0 Å². The van der Waals surface area contributed by atoms with Gasteiger partial charge in [-0.25, -0.2) is 4.98 Å². The summed E-state index contributed by atoms with van der Waals surface area (Å²) >= 11 is 0. The van der Waals surface area contributed by atoms with E-state index in [1.807, 2.05) is 24.3 Å². The summed E-state index contributed by atoms with van der Waals surface area (Å²) < 4.78 is 0. The molecule has 2 heterocycles. The molecule has 0 radical (unpaired) electrons. The molecular weight excluding hydrogens is 360 g/mol. The van der Waals surface area contributed by atoms with Crippen molar-refractivity contribution in [1.82, 2.24) is 9.88 Å². The third-order valence-electron chi connectivity index (χ3n) is 5.21. The van der Waals surface area contributed by atoms with Gasteiger partial charge in [-0.3, -0.25) is 9.69 Å². The van der Waals surface area contributed by atoms with E-state index in [1.165, 1.54) is 37.1 Å². The fourth-order valence-electron chi connectivity index (χ4n) is 3.56. The molecule has 0 saturated carbocycles. The molecule has 2 aromatic rings. The smallest absolute Gasteiger partial charge is 0.303 e. The number of rotatable bonds is 9. The summed E-state index contributed by atoms with van der Waals surface area (Å²) in [4.78, 5) is 18.0. The van der Waals surface area contributed by atoms with Gasteiger partial charge in [0, 0.05) is 18.5 Å². The van der Waals surface area contributed by atoms with Crippen LogP contribution in [0.1, 0.15) is 54.6 Å². The Morgan fingerprint density at radius 2 is 1.90 bits per heavy atom. The first-order valence-corrected chi connectivity index (χ1v) is 10.5. The molecule has 3 rings (SSSR count). The Balaban J connectivity index is 1.79. The van der Waals surface area contributed by atoms with Crippen LogP contribution >= 0.6 is 0 Å². The lowest BCUT2D eigenvalue weighted by Crippen LogP contribution is -2.19. The predicted octanol–water partition coefficient (Wildman–Crippen LogP) is 5.19. The number of likely N-dealkylation sites (tertiary alicyclic amines) is 1. The van der Waals surface area contributed by atoms with E-state index in [4.69, 9.17) is 10.1 Å².